The normalized spacial score (nSPS) is 12.6. The Morgan fingerprint density at radius 2 is 1.92 bits per heavy atom. The van der Waals surface area contributed by atoms with Crippen LogP contribution in [0.25, 0.3) is 10.9 Å². The fourth-order valence-electron chi connectivity index (χ4n) is 2.99. The molecule has 2 aromatic carbocycles. The summed E-state index contributed by atoms with van der Waals surface area (Å²) in [6.07, 6.45) is 2.44. The van der Waals surface area contributed by atoms with Crippen molar-refractivity contribution in [2.75, 3.05) is 25.1 Å². The molecule has 3 aromatic rings. The lowest BCUT2D eigenvalue weighted by molar-refractivity contribution is 0.171. The van der Waals surface area contributed by atoms with E-state index in [4.69, 9.17) is 9.47 Å². The zero-order valence-electron chi connectivity index (χ0n) is 13.7. The lowest BCUT2D eigenvalue weighted by atomic mass is 10.1. The van der Waals surface area contributed by atoms with Crippen molar-refractivity contribution in [3.05, 3.63) is 59.8 Å². The van der Waals surface area contributed by atoms with Crippen molar-refractivity contribution in [3.63, 3.8) is 0 Å². The summed E-state index contributed by atoms with van der Waals surface area (Å²) in [5.41, 5.74) is 3.43. The number of rotatable bonds is 4. The summed E-state index contributed by atoms with van der Waals surface area (Å²) < 4.78 is 11.2. The third-order valence-electron chi connectivity index (χ3n) is 4.22. The van der Waals surface area contributed by atoms with E-state index in [1.54, 1.807) is 6.20 Å². The SMILES string of the molecule is N#Cc1cnc2ccccc2c1NCCc1ccc2c(c1)OCCO2. The average Bonchev–Trinajstić information content (AvgIpc) is 2.68. The zero-order valence-corrected chi connectivity index (χ0v) is 13.7. The molecule has 1 aliphatic rings. The number of benzene rings is 2. The molecule has 124 valence electrons. The van der Waals surface area contributed by atoms with Crippen LogP contribution in [-0.4, -0.2) is 24.7 Å². The summed E-state index contributed by atoms with van der Waals surface area (Å²) in [6, 6.07) is 16.1. The monoisotopic (exact) mass is 331 g/mol. The van der Waals surface area contributed by atoms with Crippen molar-refractivity contribution >= 4 is 16.6 Å². The fourth-order valence-corrected chi connectivity index (χ4v) is 2.99. The number of nitrogens with zero attached hydrogens (tertiary/aromatic N) is 2. The summed E-state index contributed by atoms with van der Waals surface area (Å²) in [5.74, 6) is 1.60. The summed E-state index contributed by atoms with van der Waals surface area (Å²) >= 11 is 0. The maximum Gasteiger partial charge on any atom is 0.161 e. The van der Waals surface area contributed by atoms with Gasteiger partial charge in [0.1, 0.15) is 19.3 Å². The van der Waals surface area contributed by atoms with Crippen LogP contribution < -0.4 is 14.8 Å². The van der Waals surface area contributed by atoms with E-state index in [0.717, 1.165) is 40.1 Å². The van der Waals surface area contributed by atoms with Crippen molar-refractivity contribution in [1.29, 1.82) is 5.26 Å². The Bertz CT molecular complexity index is 963. The van der Waals surface area contributed by atoms with Crippen LogP contribution in [0.15, 0.2) is 48.7 Å². The molecule has 0 fully saturated rings. The molecule has 0 aliphatic carbocycles. The van der Waals surface area contributed by atoms with E-state index in [-0.39, 0.29) is 0 Å². The van der Waals surface area contributed by atoms with E-state index in [1.165, 1.54) is 0 Å². The van der Waals surface area contributed by atoms with Crippen LogP contribution in [0.1, 0.15) is 11.1 Å². The topological polar surface area (TPSA) is 67.2 Å². The number of pyridine rings is 1. The Morgan fingerprint density at radius 1 is 1.08 bits per heavy atom. The van der Waals surface area contributed by atoms with Gasteiger partial charge >= 0.3 is 0 Å². The van der Waals surface area contributed by atoms with Crippen LogP contribution in [0.3, 0.4) is 0 Å². The molecule has 25 heavy (non-hydrogen) atoms. The Balaban J connectivity index is 1.52. The highest BCUT2D eigenvalue weighted by atomic mass is 16.6. The highest BCUT2D eigenvalue weighted by Crippen LogP contribution is 2.31. The van der Waals surface area contributed by atoms with Crippen LogP contribution in [0.4, 0.5) is 5.69 Å². The van der Waals surface area contributed by atoms with Crippen molar-refractivity contribution in [2.24, 2.45) is 0 Å². The second kappa shape index (κ2) is 6.70. The summed E-state index contributed by atoms with van der Waals surface area (Å²) in [6.45, 7) is 1.89. The van der Waals surface area contributed by atoms with Gasteiger partial charge in [-0.25, -0.2) is 0 Å². The molecule has 0 saturated heterocycles. The van der Waals surface area contributed by atoms with Crippen molar-refractivity contribution in [3.8, 4) is 17.6 Å². The van der Waals surface area contributed by atoms with Gasteiger partial charge in [-0.05, 0) is 30.2 Å². The molecule has 5 heteroatoms. The van der Waals surface area contributed by atoms with Gasteiger partial charge in [0, 0.05) is 18.1 Å². The Labute approximate surface area is 145 Å². The lowest BCUT2D eigenvalue weighted by Gasteiger charge is -2.19. The molecule has 1 aliphatic heterocycles. The molecule has 0 radical (unpaired) electrons. The van der Waals surface area contributed by atoms with E-state index < -0.39 is 0 Å². The quantitative estimate of drug-likeness (QED) is 0.792. The van der Waals surface area contributed by atoms with Gasteiger partial charge in [0.25, 0.3) is 0 Å². The van der Waals surface area contributed by atoms with E-state index in [1.807, 2.05) is 42.5 Å². The van der Waals surface area contributed by atoms with Crippen LogP contribution in [0.2, 0.25) is 0 Å². The first-order valence-corrected chi connectivity index (χ1v) is 8.25. The zero-order chi connectivity index (χ0) is 17.1. The number of hydrogen-bond acceptors (Lipinski definition) is 5. The fraction of sp³-hybridized carbons (Fsp3) is 0.200. The number of anilines is 1. The largest absolute Gasteiger partial charge is 0.486 e. The Kier molecular flexibility index (Phi) is 4.09. The Hall–Kier alpha value is -3.26. The maximum atomic E-state index is 9.37. The number of fused-ring (bicyclic) bond motifs is 2. The number of ether oxygens (including phenoxy) is 2. The second-order valence-corrected chi connectivity index (χ2v) is 5.83. The van der Waals surface area contributed by atoms with Gasteiger partial charge in [-0.15, -0.1) is 0 Å². The number of nitrogens with one attached hydrogen (secondary N) is 1. The van der Waals surface area contributed by atoms with Gasteiger partial charge < -0.3 is 14.8 Å². The predicted molar refractivity (Wildman–Crippen MR) is 96.1 cm³/mol. The molecule has 0 atom stereocenters. The minimum Gasteiger partial charge on any atom is -0.486 e. The van der Waals surface area contributed by atoms with Crippen molar-refractivity contribution in [1.82, 2.24) is 4.98 Å². The van der Waals surface area contributed by atoms with Crippen LogP contribution >= 0.6 is 0 Å². The van der Waals surface area contributed by atoms with Crippen LogP contribution in [0.5, 0.6) is 11.5 Å². The summed E-state index contributed by atoms with van der Waals surface area (Å²) in [5, 5.41) is 13.7. The maximum absolute atomic E-state index is 9.37. The first-order chi connectivity index (χ1) is 12.3. The number of nitriles is 1. The molecular formula is C20H17N3O2. The van der Waals surface area contributed by atoms with Gasteiger partial charge in [-0.3, -0.25) is 4.98 Å². The van der Waals surface area contributed by atoms with Gasteiger partial charge in [0.15, 0.2) is 11.5 Å². The minimum atomic E-state index is 0.556. The lowest BCUT2D eigenvalue weighted by Crippen LogP contribution is -2.15. The smallest absolute Gasteiger partial charge is 0.161 e. The third kappa shape index (κ3) is 3.07. The predicted octanol–water partition coefficient (Wildman–Crippen LogP) is 3.53. The molecule has 1 N–H and O–H groups in total. The molecule has 0 saturated carbocycles. The van der Waals surface area contributed by atoms with Crippen molar-refractivity contribution < 1.29 is 9.47 Å². The van der Waals surface area contributed by atoms with E-state index in [9.17, 15) is 5.26 Å². The van der Waals surface area contributed by atoms with Crippen LogP contribution in [-0.2, 0) is 6.42 Å². The molecule has 2 heterocycles. The van der Waals surface area contributed by atoms with E-state index in [2.05, 4.69) is 16.4 Å². The molecular weight excluding hydrogens is 314 g/mol. The summed E-state index contributed by atoms with van der Waals surface area (Å²) in [4.78, 5) is 4.33. The third-order valence-corrected chi connectivity index (χ3v) is 4.22. The van der Waals surface area contributed by atoms with Gasteiger partial charge in [0.05, 0.1) is 16.8 Å². The Morgan fingerprint density at radius 3 is 2.80 bits per heavy atom. The molecule has 0 unspecified atom stereocenters. The van der Waals surface area contributed by atoms with Crippen LogP contribution in [0, 0.1) is 11.3 Å². The molecule has 0 spiro atoms. The molecule has 0 amide bonds. The second-order valence-electron chi connectivity index (χ2n) is 5.83. The first kappa shape index (κ1) is 15.3. The minimum absolute atomic E-state index is 0.556. The van der Waals surface area contributed by atoms with Crippen molar-refractivity contribution in [2.45, 2.75) is 6.42 Å². The highest BCUT2D eigenvalue weighted by Gasteiger charge is 2.12. The van der Waals surface area contributed by atoms with Gasteiger partial charge in [-0.2, -0.15) is 5.26 Å². The number of hydrogen-bond donors (Lipinski definition) is 1. The molecule has 0 bridgehead atoms. The van der Waals surface area contributed by atoms with E-state index in [0.29, 0.717) is 25.3 Å². The number of para-hydroxylation sites is 1. The van der Waals surface area contributed by atoms with E-state index >= 15 is 0 Å². The van der Waals surface area contributed by atoms with Gasteiger partial charge in [0.2, 0.25) is 0 Å². The standard InChI is InChI=1S/C20H17N3O2/c21-12-15-13-23-17-4-2-1-3-16(17)20(15)22-8-7-14-5-6-18-19(11-14)25-10-9-24-18/h1-6,11,13H,7-10H2,(H,22,23). The summed E-state index contributed by atoms with van der Waals surface area (Å²) in [7, 11) is 0. The molecule has 4 rings (SSSR count). The highest BCUT2D eigenvalue weighted by molar-refractivity contribution is 5.93. The molecule has 5 nitrogen and oxygen atoms in total. The average molecular weight is 331 g/mol. The van der Waals surface area contributed by atoms with Gasteiger partial charge in [-0.1, -0.05) is 24.3 Å². The number of aromatic nitrogens is 1. The first-order valence-electron chi connectivity index (χ1n) is 8.25. The molecule has 1 aromatic heterocycles.